The Morgan fingerprint density at radius 2 is 1.15 bits per heavy atom. The maximum absolute atomic E-state index is 12.2. The number of carbonyl (C=O) groups is 2. The Labute approximate surface area is 158 Å². The molecule has 2 aromatic rings. The zero-order valence-electron chi connectivity index (χ0n) is 15.1. The van der Waals surface area contributed by atoms with Crippen molar-refractivity contribution in [3.63, 3.8) is 0 Å². The third kappa shape index (κ3) is 5.23. The number of amides is 2. The zero-order chi connectivity index (χ0) is 18.9. The lowest BCUT2D eigenvalue weighted by molar-refractivity contribution is 0.00777. The van der Waals surface area contributed by atoms with Crippen molar-refractivity contribution in [3.8, 4) is 0 Å². The fourth-order valence-corrected chi connectivity index (χ4v) is 2.80. The number of nitrogens with zero attached hydrogens (tertiary/aromatic N) is 1. The number of carbonyl (C=O) groups excluding carboxylic acids is 2. The van der Waals surface area contributed by atoms with Crippen LogP contribution in [0.1, 0.15) is 26.3 Å². The summed E-state index contributed by atoms with van der Waals surface area (Å²) in [4.78, 5) is 25.6. The number of fused-ring (bicyclic) bond motifs is 1. The summed E-state index contributed by atoms with van der Waals surface area (Å²) < 4.78 is 16.4. The highest BCUT2D eigenvalue weighted by molar-refractivity contribution is 6.21. The van der Waals surface area contributed by atoms with Gasteiger partial charge in [0.05, 0.1) is 57.3 Å². The molecule has 0 fully saturated rings. The van der Waals surface area contributed by atoms with Crippen molar-refractivity contribution in [1.29, 1.82) is 0 Å². The number of hydrogen-bond donors (Lipinski definition) is 0. The topological polar surface area (TPSA) is 65.1 Å². The molecule has 2 amide bonds. The number of rotatable bonds is 11. The Balaban J connectivity index is 1.21. The number of benzene rings is 2. The van der Waals surface area contributed by atoms with Gasteiger partial charge >= 0.3 is 0 Å². The van der Waals surface area contributed by atoms with E-state index in [1.165, 1.54) is 4.90 Å². The molecule has 2 aromatic carbocycles. The maximum Gasteiger partial charge on any atom is 0.261 e. The molecule has 0 N–H and O–H groups in total. The molecular formula is C21H23NO5. The molecule has 6 nitrogen and oxygen atoms in total. The molecule has 1 aliphatic heterocycles. The quantitative estimate of drug-likeness (QED) is 0.450. The molecule has 0 unspecified atom stereocenters. The first-order valence-electron chi connectivity index (χ1n) is 9.00. The molecule has 0 aliphatic carbocycles. The lowest BCUT2D eigenvalue weighted by Crippen LogP contribution is -2.33. The fourth-order valence-electron chi connectivity index (χ4n) is 2.80. The Morgan fingerprint density at radius 3 is 1.78 bits per heavy atom. The number of hydrogen-bond acceptors (Lipinski definition) is 5. The van der Waals surface area contributed by atoms with Gasteiger partial charge in [-0.05, 0) is 17.7 Å². The van der Waals surface area contributed by atoms with Crippen LogP contribution in [0.25, 0.3) is 0 Å². The molecule has 0 atom stereocenters. The zero-order valence-corrected chi connectivity index (χ0v) is 15.1. The molecule has 3 rings (SSSR count). The van der Waals surface area contributed by atoms with E-state index in [1.54, 1.807) is 24.3 Å². The summed E-state index contributed by atoms with van der Waals surface area (Å²) in [6, 6.07) is 16.8. The van der Waals surface area contributed by atoms with Gasteiger partial charge in [0, 0.05) is 0 Å². The van der Waals surface area contributed by atoms with E-state index in [0.717, 1.165) is 5.56 Å². The molecular weight excluding hydrogens is 346 g/mol. The van der Waals surface area contributed by atoms with Gasteiger partial charge in [-0.3, -0.25) is 14.5 Å². The average molecular weight is 369 g/mol. The summed E-state index contributed by atoms with van der Waals surface area (Å²) in [7, 11) is 0. The Morgan fingerprint density at radius 1 is 0.630 bits per heavy atom. The molecule has 6 heteroatoms. The number of imide groups is 1. The first kappa shape index (κ1) is 19.2. The Hall–Kier alpha value is -2.54. The van der Waals surface area contributed by atoms with Gasteiger partial charge in [-0.25, -0.2) is 0 Å². The van der Waals surface area contributed by atoms with E-state index in [9.17, 15) is 9.59 Å². The molecule has 27 heavy (non-hydrogen) atoms. The van der Waals surface area contributed by atoms with Crippen molar-refractivity contribution in [2.75, 3.05) is 39.6 Å². The van der Waals surface area contributed by atoms with Crippen molar-refractivity contribution < 1.29 is 23.8 Å². The summed E-state index contributed by atoms with van der Waals surface area (Å²) in [5.74, 6) is -0.517. The molecule has 1 aliphatic rings. The van der Waals surface area contributed by atoms with Gasteiger partial charge in [0.1, 0.15) is 0 Å². The van der Waals surface area contributed by atoms with E-state index in [4.69, 9.17) is 14.2 Å². The first-order valence-corrected chi connectivity index (χ1v) is 9.00. The van der Waals surface area contributed by atoms with Crippen LogP contribution in [0.3, 0.4) is 0 Å². The molecule has 0 aromatic heterocycles. The lowest BCUT2D eigenvalue weighted by atomic mass is 10.1. The summed E-state index contributed by atoms with van der Waals surface area (Å²) in [5, 5.41) is 0. The van der Waals surface area contributed by atoms with Gasteiger partial charge in [-0.1, -0.05) is 42.5 Å². The van der Waals surface area contributed by atoms with Gasteiger partial charge in [0.2, 0.25) is 0 Å². The van der Waals surface area contributed by atoms with E-state index in [1.807, 2.05) is 30.3 Å². The average Bonchev–Trinajstić information content (AvgIpc) is 2.95. The van der Waals surface area contributed by atoms with E-state index in [-0.39, 0.29) is 18.4 Å². The van der Waals surface area contributed by atoms with Gasteiger partial charge in [0.15, 0.2) is 0 Å². The number of ether oxygens (including phenoxy) is 3. The SMILES string of the molecule is O=C1c2ccccc2C(=O)N1CCOCCOCCOCc1ccccc1. The second-order valence-corrected chi connectivity index (χ2v) is 6.07. The summed E-state index contributed by atoms with van der Waals surface area (Å²) in [5.41, 5.74) is 2.05. The summed E-state index contributed by atoms with van der Waals surface area (Å²) in [6.07, 6.45) is 0. The second kappa shape index (κ2) is 9.97. The van der Waals surface area contributed by atoms with E-state index >= 15 is 0 Å². The molecule has 0 bridgehead atoms. The fraction of sp³-hybridized carbons (Fsp3) is 0.333. The monoisotopic (exact) mass is 369 g/mol. The van der Waals surface area contributed by atoms with E-state index in [2.05, 4.69) is 0 Å². The molecule has 1 heterocycles. The molecule has 142 valence electrons. The molecule has 0 saturated heterocycles. The summed E-state index contributed by atoms with van der Waals surface area (Å²) in [6.45, 7) is 2.96. The maximum atomic E-state index is 12.2. The third-order valence-corrected chi connectivity index (χ3v) is 4.19. The summed E-state index contributed by atoms with van der Waals surface area (Å²) >= 11 is 0. The van der Waals surface area contributed by atoms with E-state index < -0.39 is 0 Å². The predicted molar refractivity (Wildman–Crippen MR) is 99.5 cm³/mol. The van der Waals surface area contributed by atoms with Crippen LogP contribution in [-0.4, -0.2) is 56.3 Å². The minimum absolute atomic E-state index is 0.243. The molecule has 0 saturated carbocycles. The van der Waals surface area contributed by atoms with Crippen molar-refractivity contribution in [3.05, 3.63) is 71.3 Å². The van der Waals surface area contributed by atoms with Crippen molar-refractivity contribution in [2.24, 2.45) is 0 Å². The van der Waals surface area contributed by atoms with Crippen LogP contribution < -0.4 is 0 Å². The second-order valence-electron chi connectivity index (χ2n) is 6.07. The van der Waals surface area contributed by atoms with Crippen LogP contribution in [0.5, 0.6) is 0 Å². The lowest BCUT2D eigenvalue weighted by Gasteiger charge is -2.13. The Bertz CT molecular complexity index is 727. The molecule has 0 spiro atoms. The van der Waals surface area contributed by atoms with Crippen LogP contribution in [-0.2, 0) is 20.8 Å². The van der Waals surface area contributed by atoms with Crippen LogP contribution >= 0.6 is 0 Å². The largest absolute Gasteiger partial charge is 0.377 e. The van der Waals surface area contributed by atoms with Crippen LogP contribution in [0, 0.1) is 0 Å². The highest BCUT2D eigenvalue weighted by Gasteiger charge is 2.34. The smallest absolute Gasteiger partial charge is 0.261 e. The Kier molecular flexibility index (Phi) is 7.10. The standard InChI is InChI=1S/C21H23NO5/c23-20-18-8-4-5-9-19(18)21(24)22(20)10-11-25-12-13-26-14-15-27-16-17-6-2-1-3-7-17/h1-9H,10-16H2. The van der Waals surface area contributed by atoms with Crippen molar-refractivity contribution >= 4 is 11.8 Å². The molecule has 0 radical (unpaired) electrons. The normalized spacial score (nSPS) is 13.3. The predicted octanol–water partition coefficient (Wildman–Crippen LogP) is 2.53. The first-order chi connectivity index (χ1) is 13.3. The van der Waals surface area contributed by atoms with Crippen LogP contribution in [0.15, 0.2) is 54.6 Å². The van der Waals surface area contributed by atoms with E-state index in [0.29, 0.717) is 50.8 Å². The minimum atomic E-state index is -0.258. The van der Waals surface area contributed by atoms with Gasteiger partial charge < -0.3 is 14.2 Å². The van der Waals surface area contributed by atoms with Gasteiger partial charge in [-0.2, -0.15) is 0 Å². The van der Waals surface area contributed by atoms with Crippen LogP contribution in [0.2, 0.25) is 0 Å². The van der Waals surface area contributed by atoms with Crippen molar-refractivity contribution in [1.82, 2.24) is 4.90 Å². The van der Waals surface area contributed by atoms with Gasteiger partial charge in [0.25, 0.3) is 11.8 Å². The van der Waals surface area contributed by atoms with Crippen molar-refractivity contribution in [2.45, 2.75) is 6.61 Å². The van der Waals surface area contributed by atoms with Crippen LogP contribution in [0.4, 0.5) is 0 Å². The minimum Gasteiger partial charge on any atom is -0.377 e. The van der Waals surface area contributed by atoms with Gasteiger partial charge in [-0.15, -0.1) is 0 Å². The highest BCUT2D eigenvalue weighted by Crippen LogP contribution is 2.21. The highest BCUT2D eigenvalue weighted by atomic mass is 16.5. The third-order valence-electron chi connectivity index (χ3n) is 4.19.